The highest BCUT2D eigenvalue weighted by Crippen LogP contribution is 2.72. The highest BCUT2D eigenvalue weighted by molar-refractivity contribution is 5.79. The molecule has 7 aliphatic rings. The SMILES string of the molecule is C[C@@H]1O[C@@H](O[C@H]2CC[C@@]3(C)[C@@H](CC[C@]4(C)[C@@H]3CC=C3[C@H]4CC[C@@]4(C(=O)O[C@@H]5O[C@H](CO)[C@@H](O)[C@H](O)[C@H]5O)CCC(C)(C)C[C@@H]34)[C@]2(C)CO)[C@H](O)[C@H](O)[C@H]1O. The Kier molecular flexibility index (Phi) is 10.8. The fourth-order valence-corrected chi connectivity index (χ4v) is 13.2. The van der Waals surface area contributed by atoms with E-state index in [2.05, 4.69) is 40.7 Å². The number of rotatable bonds is 6. The van der Waals surface area contributed by atoms with E-state index in [0.717, 1.165) is 44.9 Å². The van der Waals surface area contributed by atoms with Crippen LogP contribution in [0.1, 0.15) is 106 Å². The third-order valence-corrected chi connectivity index (χ3v) is 16.5. The van der Waals surface area contributed by atoms with E-state index < -0.39 is 90.9 Å². The molecule has 0 aromatic heterocycles. The third kappa shape index (κ3) is 6.17. The zero-order valence-corrected chi connectivity index (χ0v) is 32.8. The van der Waals surface area contributed by atoms with Crippen LogP contribution in [0, 0.1) is 50.7 Å². The topological polar surface area (TPSA) is 216 Å². The van der Waals surface area contributed by atoms with Crippen molar-refractivity contribution in [1.29, 1.82) is 0 Å². The molecule has 4 saturated carbocycles. The van der Waals surface area contributed by atoms with E-state index in [1.807, 2.05) is 0 Å². The van der Waals surface area contributed by atoms with Crippen LogP contribution in [0.4, 0.5) is 0 Å². The first-order valence-corrected chi connectivity index (χ1v) is 20.5. The molecule has 19 atom stereocenters. The molecule has 54 heavy (non-hydrogen) atoms. The van der Waals surface area contributed by atoms with Crippen molar-refractivity contribution in [3.8, 4) is 0 Å². The van der Waals surface area contributed by atoms with Crippen LogP contribution in [0.3, 0.4) is 0 Å². The molecule has 0 spiro atoms. The van der Waals surface area contributed by atoms with E-state index in [-0.39, 0.29) is 40.6 Å². The maximum atomic E-state index is 14.5. The zero-order valence-electron chi connectivity index (χ0n) is 32.8. The maximum absolute atomic E-state index is 14.5. The molecule has 8 N–H and O–H groups in total. The van der Waals surface area contributed by atoms with Crippen molar-refractivity contribution in [1.82, 2.24) is 0 Å². The highest BCUT2D eigenvalue weighted by atomic mass is 16.7. The van der Waals surface area contributed by atoms with Gasteiger partial charge in [-0.25, -0.2) is 0 Å². The van der Waals surface area contributed by atoms with Crippen LogP contribution < -0.4 is 0 Å². The normalized spacial score (nSPS) is 54.3. The van der Waals surface area contributed by atoms with Gasteiger partial charge in [0.2, 0.25) is 6.29 Å². The van der Waals surface area contributed by atoms with Crippen molar-refractivity contribution in [2.45, 2.75) is 173 Å². The van der Waals surface area contributed by atoms with Gasteiger partial charge in [0, 0.05) is 5.41 Å². The molecule has 0 bridgehead atoms. The number of hydrogen-bond acceptors (Lipinski definition) is 13. The molecule has 0 amide bonds. The van der Waals surface area contributed by atoms with Crippen molar-refractivity contribution in [3.63, 3.8) is 0 Å². The standard InChI is InChI=1S/C41H66O13/c1-20-28(44)30(46)32(48)34(51-20)53-27-11-13-39(5)25-8-7-21-22(38(25,4)12-10-26(39)40(27,6)19-43)9-14-41(16-15-37(2,3)17-23(21)41)36(50)54-35-33(49)31(47)29(45)24(18-42)52-35/h7,20,22-35,42-49H,8-19H2,1-6H3/t20-,22+,23-,24+,25-,26+,27-,28-,29+,30+,31-,32+,33+,34-,35-,38-,39+,40-,41+/m0/s1. The molecule has 2 saturated heterocycles. The van der Waals surface area contributed by atoms with Gasteiger partial charge >= 0.3 is 5.97 Å². The number of allylic oxidation sites excluding steroid dienone is 2. The summed E-state index contributed by atoms with van der Waals surface area (Å²) in [5.41, 5.74) is -0.366. The van der Waals surface area contributed by atoms with Crippen molar-refractivity contribution < 1.29 is 64.6 Å². The number of aliphatic hydroxyl groups is 8. The number of carbonyl (C=O) groups is 1. The summed E-state index contributed by atoms with van der Waals surface area (Å²) < 4.78 is 23.9. The maximum Gasteiger partial charge on any atom is 0.315 e. The summed E-state index contributed by atoms with van der Waals surface area (Å²) in [7, 11) is 0. The van der Waals surface area contributed by atoms with Gasteiger partial charge in [0.05, 0.1) is 30.8 Å². The van der Waals surface area contributed by atoms with E-state index in [1.54, 1.807) is 6.92 Å². The fraction of sp³-hybridized carbons (Fsp3) is 0.927. The van der Waals surface area contributed by atoms with Crippen molar-refractivity contribution in [3.05, 3.63) is 11.6 Å². The van der Waals surface area contributed by atoms with Gasteiger partial charge in [0.15, 0.2) is 6.29 Å². The van der Waals surface area contributed by atoms with E-state index in [1.165, 1.54) is 5.57 Å². The Bertz CT molecular complexity index is 1440. The number of carbonyl (C=O) groups excluding carboxylic acids is 1. The molecule has 13 nitrogen and oxygen atoms in total. The van der Waals surface area contributed by atoms with Gasteiger partial charge in [0.25, 0.3) is 0 Å². The minimum Gasteiger partial charge on any atom is -0.432 e. The second kappa shape index (κ2) is 14.2. The predicted molar refractivity (Wildman–Crippen MR) is 193 cm³/mol. The summed E-state index contributed by atoms with van der Waals surface area (Å²) in [4.78, 5) is 14.5. The summed E-state index contributed by atoms with van der Waals surface area (Å²) in [6.45, 7) is 12.3. The first kappa shape index (κ1) is 40.9. The molecule has 308 valence electrons. The highest BCUT2D eigenvalue weighted by Gasteiger charge is 2.67. The Balaban J connectivity index is 1.15. The van der Waals surface area contributed by atoms with E-state index in [9.17, 15) is 45.6 Å². The first-order chi connectivity index (χ1) is 25.3. The summed E-state index contributed by atoms with van der Waals surface area (Å²) in [6, 6.07) is 0. The molecule has 6 fully saturated rings. The summed E-state index contributed by atoms with van der Waals surface area (Å²) in [5, 5.41) is 83.8. The second-order valence-electron chi connectivity index (χ2n) is 19.9. The van der Waals surface area contributed by atoms with Gasteiger partial charge in [-0.15, -0.1) is 0 Å². The fourth-order valence-electron chi connectivity index (χ4n) is 13.2. The number of hydrogen-bond donors (Lipinski definition) is 8. The van der Waals surface area contributed by atoms with Crippen LogP contribution in [-0.2, 0) is 23.7 Å². The van der Waals surface area contributed by atoms with Crippen molar-refractivity contribution in [2.24, 2.45) is 50.7 Å². The number of fused-ring (bicyclic) bond motifs is 7. The Morgan fingerprint density at radius 1 is 0.741 bits per heavy atom. The van der Waals surface area contributed by atoms with Crippen LogP contribution >= 0.6 is 0 Å². The van der Waals surface area contributed by atoms with Gasteiger partial charge in [-0.3, -0.25) is 4.79 Å². The number of esters is 1. The van der Waals surface area contributed by atoms with Gasteiger partial charge in [-0.1, -0.05) is 46.3 Å². The van der Waals surface area contributed by atoms with Crippen molar-refractivity contribution >= 4 is 5.97 Å². The molecule has 0 unspecified atom stereocenters. The molecule has 13 heteroatoms. The van der Waals surface area contributed by atoms with E-state index >= 15 is 0 Å². The van der Waals surface area contributed by atoms with Crippen LogP contribution in [0.2, 0.25) is 0 Å². The second-order valence-corrected chi connectivity index (χ2v) is 19.9. The van der Waals surface area contributed by atoms with Crippen LogP contribution in [0.25, 0.3) is 0 Å². The Hall–Kier alpha value is -1.23. The first-order valence-electron chi connectivity index (χ1n) is 20.5. The lowest BCUT2D eigenvalue weighted by molar-refractivity contribution is -0.327. The lowest BCUT2D eigenvalue weighted by Crippen LogP contribution is -2.65. The van der Waals surface area contributed by atoms with Gasteiger partial charge < -0.3 is 59.8 Å². The van der Waals surface area contributed by atoms with Crippen LogP contribution in [-0.4, -0.2) is 128 Å². The molecule has 2 aliphatic heterocycles. The quantitative estimate of drug-likeness (QED) is 0.110. The molecular formula is C41H66O13. The summed E-state index contributed by atoms with van der Waals surface area (Å²) >= 11 is 0. The monoisotopic (exact) mass is 766 g/mol. The van der Waals surface area contributed by atoms with Crippen LogP contribution in [0.15, 0.2) is 11.6 Å². The number of aliphatic hydroxyl groups excluding tert-OH is 8. The average molecular weight is 767 g/mol. The smallest absolute Gasteiger partial charge is 0.315 e. The molecule has 0 radical (unpaired) electrons. The van der Waals surface area contributed by atoms with Crippen molar-refractivity contribution in [2.75, 3.05) is 13.2 Å². The Morgan fingerprint density at radius 2 is 1.41 bits per heavy atom. The zero-order chi connectivity index (χ0) is 39.3. The third-order valence-electron chi connectivity index (χ3n) is 16.5. The molecule has 5 aliphatic carbocycles. The summed E-state index contributed by atoms with van der Waals surface area (Å²) in [5.74, 6) is 0.125. The largest absolute Gasteiger partial charge is 0.432 e. The van der Waals surface area contributed by atoms with Gasteiger partial charge in [-0.2, -0.15) is 0 Å². The lowest BCUT2D eigenvalue weighted by atomic mass is 9.37. The molecule has 0 aromatic carbocycles. The van der Waals surface area contributed by atoms with E-state index in [0.29, 0.717) is 25.2 Å². The van der Waals surface area contributed by atoms with E-state index in [4.69, 9.17) is 18.9 Å². The molecule has 7 rings (SSSR count). The summed E-state index contributed by atoms with van der Waals surface area (Å²) in [6.07, 6.45) is -3.62. The molecular weight excluding hydrogens is 700 g/mol. The van der Waals surface area contributed by atoms with Gasteiger partial charge in [-0.05, 0) is 111 Å². The minimum atomic E-state index is -1.66. The number of ether oxygens (including phenoxy) is 4. The molecule has 2 heterocycles. The Labute approximate surface area is 319 Å². The minimum absolute atomic E-state index is 0.00934. The van der Waals surface area contributed by atoms with Gasteiger partial charge in [0.1, 0.15) is 42.7 Å². The average Bonchev–Trinajstić information content (AvgIpc) is 3.13. The predicted octanol–water partition coefficient (Wildman–Crippen LogP) is 1.93. The molecule has 0 aromatic rings. The van der Waals surface area contributed by atoms with Crippen LogP contribution in [0.5, 0.6) is 0 Å². The Morgan fingerprint density at radius 3 is 2.09 bits per heavy atom. The lowest BCUT2D eigenvalue weighted by Gasteiger charge is -2.68.